The van der Waals surface area contributed by atoms with E-state index in [2.05, 4.69) is 5.32 Å². The number of benzene rings is 1. The van der Waals surface area contributed by atoms with Crippen LogP contribution in [0.2, 0.25) is 0 Å². The van der Waals surface area contributed by atoms with Crippen LogP contribution in [-0.4, -0.2) is 35.0 Å². The molecule has 2 N–H and O–H groups in total. The van der Waals surface area contributed by atoms with Crippen molar-refractivity contribution in [3.63, 3.8) is 0 Å². The summed E-state index contributed by atoms with van der Waals surface area (Å²) in [4.78, 5) is 24.4. The summed E-state index contributed by atoms with van der Waals surface area (Å²) in [6.45, 7) is -0.431. The molecule has 1 aliphatic heterocycles. The van der Waals surface area contributed by atoms with Gasteiger partial charge >= 0.3 is 0 Å². The van der Waals surface area contributed by atoms with Crippen LogP contribution in [0.25, 0.3) is 0 Å². The fourth-order valence-electron chi connectivity index (χ4n) is 1.78. The SMILES string of the molecule is N#Cc1cc(I)c(NC2=CC(=O)N(CCO)C2=O)cc1F. The summed E-state index contributed by atoms with van der Waals surface area (Å²) >= 11 is 1.89. The summed E-state index contributed by atoms with van der Waals surface area (Å²) in [6.07, 6.45) is 1.09. The van der Waals surface area contributed by atoms with Gasteiger partial charge in [0.05, 0.1) is 24.4 Å². The summed E-state index contributed by atoms with van der Waals surface area (Å²) < 4.78 is 14.1. The number of nitriles is 1. The number of hydrogen-bond acceptors (Lipinski definition) is 5. The molecule has 1 aromatic carbocycles. The fraction of sp³-hybridized carbons (Fsp3) is 0.154. The van der Waals surface area contributed by atoms with E-state index in [0.29, 0.717) is 3.57 Å². The van der Waals surface area contributed by atoms with Crippen molar-refractivity contribution < 1.29 is 19.1 Å². The van der Waals surface area contributed by atoms with Crippen LogP contribution in [0, 0.1) is 20.7 Å². The molecule has 0 saturated carbocycles. The van der Waals surface area contributed by atoms with E-state index in [0.717, 1.165) is 17.0 Å². The molecule has 0 unspecified atom stereocenters. The number of amides is 2. The van der Waals surface area contributed by atoms with Gasteiger partial charge in [0.15, 0.2) is 0 Å². The highest BCUT2D eigenvalue weighted by Crippen LogP contribution is 2.25. The van der Waals surface area contributed by atoms with Gasteiger partial charge in [-0.3, -0.25) is 14.5 Å². The Balaban J connectivity index is 2.26. The minimum absolute atomic E-state index is 0.00419. The Kier molecular flexibility index (Phi) is 4.54. The first kappa shape index (κ1) is 15.4. The molecule has 6 nitrogen and oxygen atoms in total. The summed E-state index contributed by atoms with van der Waals surface area (Å²) in [5, 5.41) is 20.2. The van der Waals surface area contributed by atoms with E-state index in [1.807, 2.05) is 22.6 Å². The maximum Gasteiger partial charge on any atom is 0.277 e. The minimum atomic E-state index is -0.718. The number of carbonyl (C=O) groups excluding carboxylic acids is 2. The van der Waals surface area contributed by atoms with E-state index >= 15 is 0 Å². The van der Waals surface area contributed by atoms with Crippen LogP contribution < -0.4 is 5.32 Å². The number of halogens is 2. The summed E-state index contributed by atoms with van der Waals surface area (Å²) in [5.41, 5.74) is 0.176. The second kappa shape index (κ2) is 6.19. The van der Waals surface area contributed by atoms with Crippen molar-refractivity contribution in [1.82, 2.24) is 4.90 Å². The molecule has 21 heavy (non-hydrogen) atoms. The van der Waals surface area contributed by atoms with Crippen molar-refractivity contribution in [1.29, 1.82) is 5.26 Å². The Labute approximate surface area is 133 Å². The molecule has 8 heteroatoms. The topological polar surface area (TPSA) is 93.4 Å². The number of carbonyl (C=O) groups is 2. The van der Waals surface area contributed by atoms with Gasteiger partial charge in [-0.15, -0.1) is 0 Å². The second-order valence-electron chi connectivity index (χ2n) is 4.13. The number of aliphatic hydroxyl groups excluding tert-OH is 1. The predicted octanol–water partition coefficient (Wildman–Crippen LogP) is 0.959. The zero-order chi connectivity index (χ0) is 15.6. The number of aliphatic hydroxyl groups is 1. The summed E-state index contributed by atoms with van der Waals surface area (Å²) in [5.74, 6) is -1.85. The largest absolute Gasteiger partial charge is 0.395 e. The number of anilines is 1. The molecular formula is C13H9FIN3O3. The number of hydrogen-bond donors (Lipinski definition) is 2. The Morgan fingerprint density at radius 2 is 2.14 bits per heavy atom. The van der Waals surface area contributed by atoms with Crippen LogP contribution in [0.1, 0.15) is 5.56 Å². The number of rotatable bonds is 4. The van der Waals surface area contributed by atoms with Crippen molar-refractivity contribution in [2.75, 3.05) is 18.5 Å². The third-order valence-electron chi connectivity index (χ3n) is 2.78. The maximum atomic E-state index is 13.6. The molecule has 108 valence electrons. The van der Waals surface area contributed by atoms with Crippen LogP contribution in [0.5, 0.6) is 0 Å². The van der Waals surface area contributed by atoms with Crippen LogP contribution in [-0.2, 0) is 9.59 Å². The Bertz CT molecular complexity index is 697. The molecule has 0 saturated heterocycles. The lowest BCUT2D eigenvalue weighted by Gasteiger charge is -2.14. The van der Waals surface area contributed by atoms with Gasteiger partial charge in [0.2, 0.25) is 0 Å². The standard InChI is InChI=1S/C13H9FIN3O3/c14-8-4-10(9(15)3-7(8)6-16)17-11-5-12(20)18(1-2-19)13(11)21/h3-5,17,19H,1-2H2. The second-order valence-corrected chi connectivity index (χ2v) is 5.29. The molecule has 0 radical (unpaired) electrons. The van der Waals surface area contributed by atoms with Gasteiger partial charge in [-0.1, -0.05) is 0 Å². The molecule has 2 rings (SSSR count). The third-order valence-corrected chi connectivity index (χ3v) is 3.67. The van der Waals surface area contributed by atoms with E-state index in [9.17, 15) is 14.0 Å². The first-order valence-corrected chi connectivity index (χ1v) is 6.90. The monoisotopic (exact) mass is 401 g/mol. The van der Waals surface area contributed by atoms with E-state index in [4.69, 9.17) is 10.4 Å². The molecule has 0 fully saturated rings. The Hall–Kier alpha value is -1.99. The molecule has 0 aliphatic carbocycles. The third kappa shape index (κ3) is 3.03. The normalized spacial score (nSPS) is 14.2. The van der Waals surface area contributed by atoms with Crippen molar-refractivity contribution >= 4 is 40.1 Å². The zero-order valence-corrected chi connectivity index (χ0v) is 12.7. The Morgan fingerprint density at radius 1 is 1.43 bits per heavy atom. The first-order chi connectivity index (χ1) is 9.97. The average Bonchev–Trinajstić information content (AvgIpc) is 2.70. The molecule has 0 spiro atoms. The maximum absolute atomic E-state index is 13.6. The molecule has 1 aliphatic rings. The number of nitrogens with zero attached hydrogens (tertiary/aromatic N) is 2. The molecule has 1 heterocycles. The first-order valence-electron chi connectivity index (χ1n) is 5.82. The summed E-state index contributed by atoms with van der Waals surface area (Å²) in [7, 11) is 0. The highest BCUT2D eigenvalue weighted by Gasteiger charge is 2.30. The van der Waals surface area contributed by atoms with Crippen LogP contribution >= 0.6 is 22.6 Å². The number of β-amino-alcohol motifs (C(OH)–C–C–N with tert-alkyl or cyclic N) is 1. The lowest BCUT2D eigenvalue weighted by Crippen LogP contribution is -2.34. The zero-order valence-electron chi connectivity index (χ0n) is 10.6. The molecule has 1 aromatic rings. The van der Waals surface area contributed by atoms with E-state index in [1.54, 1.807) is 6.07 Å². The predicted molar refractivity (Wildman–Crippen MR) is 79.3 cm³/mol. The van der Waals surface area contributed by atoms with E-state index < -0.39 is 17.6 Å². The van der Waals surface area contributed by atoms with E-state index in [1.165, 1.54) is 6.07 Å². The van der Waals surface area contributed by atoms with Gasteiger partial charge in [0.1, 0.15) is 17.6 Å². The van der Waals surface area contributed by atoms with Gasteiger partial charge in [0.25, 0.3) is 11.8 Å². The smallest absolute Gasteiger partial charge is 0.277 e. The number of imide groups is 1. The molecule has 0 bridgehead atoms. The lowest BCUT2D eigenvalue weighted by atomic mass is 10.2. The van der Waals surface area contributed by atoms with Crippen molar-refractivity contribution in [2.24, 2.45) is 0 Å². The highest BCUT2D eigenvalue weighted by molar-refractivity contribution is 14.1. The number of nitrogens with one attached hydrogen (secondary N) is 1. The van der Waals surface area contributed by atoms with Gasteiger partial charge in [-0.2, -0.15) is 5.26 Å². The van der Waals surface area contributed by atoms with Gasteiger partial charge in [-0.25, -0.2) is 4.39 Å². The van der Waals surface area contributed by atoms with E-state index in [-0.39, 0.29) is 30.1 Å². The highest BCUT2D eigenvalue weighted by atomic mass is 127. The molecule has 0 atom stereocenters. The van der Waals surface area contributed by atoms with Crippen LogP contribution in [0.4, 0.5) is 10.1 Å². The molecule has 0 aromatic heterocycles. The lowest BCUT2D eigenvalue weighted by molar-refractivity contribution is -0.137. The Morgan fingerprint density at radius 3 is 2.76 bits per heavy atom. The quantitative estimate of drug-likeness (QED) is 0.579. The fourth-order valence-corrected chi connectivity index (χ4v) is 2.39. The van der Waals surface area contributed by atoms with Crippen LogP contribution in [0.3, 0.4) is 0 Å². The average molecular weight is 401 g/mol. The van der Waals surface area contributed by atoms with Gasteiger partial charge in [-0.05, 0) is 34.7 Å². The van der Waals surface area contributed by atoms with Crippen molar-refractivity contribution in [3.8, 4) is 6.07 Å². The minimum Gasteiger partial charge on any atom is -0.395 e. The van der Waals surface area contributed by atoms with Gasteiger partial charge < -0.3 is 10.4 Å². The van der Waals surface area contributed by atoms with Crippen LogP contribution in [0.15, 0.2) is 23.9 Å². The van der Waals surface area contributed by atoms with Crippen molar-refractivity contribution in [2.45, 2.75) is 0 Å². The van der Waals surface area contributed by atoms with Crippen molar-refractivity contribution in [3.05, 3.63) is 38.9 Å². The van der Waals surface area contributed by atoms with Gasteiger partial charge in [0, 0.05) is 9.65 Å². The molecular weight excluding hydrogens is 392 g/mol. The summed E-state index contributed by atoms with van der Waals surface area (Å²) in [6, 6.07) is 4.15. The molecule has 2 amide bonds.